The van der Waals surface area contributed by atoms with E-state index in [4.69, 9.17) is 5.11 Å². The van der Waals surface area contributed by atoms with E-state index in [9.17, 15) is 9.90 Å². The molecule has 2 N–H and O–H groups in total. The number of carboxylic acids is 1. The summed E-state index contributed by atoms with van der Waals surface area (Å²) < 4.78 is 0. The van der Waals surface area contributed by atoms with Gasteiger partial charge in [0.05, 0.1) is 6.10 Å². The number of aliphatic hydroxyl groups excluding tert-OH is 1. The average molecular weight is 200 g/mol. The van der Waals surface area contributed by atoms with Crippen molar-refractivity contribution in [3.63, 3.8) is 0 Å². The molecule has 0 aliphatic heterocycles. The van der Waals surface area contributed by atoms with Crippen molar-refractivity contribution in [3.05, 3.63) is 12.2 Å². The first-order valence-corrected chi connectivity index (χ1v) is 5.24. The summed E-state index contributed by atoms with van der Waals surface area (Å²) >= 11 is 0. The fraction of sp³-hybridized carbons (Fsp3) is 0.727. The van der Waals surface area contributed by atoms with Gasteiger partial charge in [-0.2, -0.15) is 0 Å². The van der Waals surface area contributed by atoms with Gasteiger partial charge in [0.2, 0.25) is 0 Å². The van der Waals surface area contributed by atoms with Crippen LogP contribution in [0.1, 0.15) is 45.4 Å². The molecule has 0 aromatic rings. The van der Waals surface area contributed by atoms with E-state index in [1.54, 1.807) is 0 Å². The molecule has 0 bridgehead atoms. The summed E-state index contributed by atoms with van der Waals surface area (Å²) in [5, 5.41) is 17.7. The van der Waals surface area contributed by atoms with Crippen LogP contribution in [0.25, 0.3) is 0 Å². The molecule has 0 aliphatic rings. The van der Waals surface area contributed by atoms with Crippen molar-refractivity contribution in [1.82, 2.24) is 0 Å². The van der Waals surface area contributed by atoms with Crippen molar-refractivity contribution in [2.24, 2.45) is 0 Å². The van der Waals surface area contributed by atoms with Gasteiger partial charge in [-0.1, -0.05) is 38.7 Å². The lowest BCUT2D eigenvalue weighted by atomic mass is 10.1. The van der Waals surface area contributed by atoms with E-state index in [0.29, 0.717) is 6.42 Å². The van der Waals surface area contributed by atoms with E-state index >= 15 is 0 Å². The number of hydrogen-bond donors (Lipinski definition) is 2. The zero-order valence-corrected chi connectivity index (χ0v) is 8.78. The van der Waals surface area contributed by atoms with Crippen LogP contribution < -0.4 is 0 Å². The molecule has 14 heavy (non-hydrogen) atoms. The van der Waals surface area contributed by atoms with E-state index in [0.717, 1.165) is 25.3 Å². The third-order valence-electron chi connectivity index (χ3n) is 2.06. The largest absolute Gasteiger partial charge is 0.478 e. The minimum Gasteiger partial charge on any atom is -0.478 e. The standard InChI is InChI=1S/C11H20O3/c1-2-3-4-5-7-10(12)8-6-9-11(13)14/h6,9-10,12H,2-5,7-8H2,1H3,(H,13,14)/b9-6+/t10-/m0/s1. The summed E-state index contributed by atoms with van der Waals surface area (Å²) in [4.78, 5) is 10.1. The summed E-state index contributed by atoms with van der Waals surface area (Å²) in [5.74, 6) is -0.955. The first kappa shape index (κ1) is 13.2. The van der Waals surface area contributed by atoms with Crippen LogP contribution >= 0.6 is 0 Å². The molecule has 0 spiro atoms. The second-order valence-electron chi connectivity index (χ2n) is 3.48. The molecule has 3 heteroatoms. The van der Waals surface area contributed by atoms with E-state index in [-0.39, 0.29) is 6.10 Å². The van der Waals surface area contributed by atoms with Crippen LogP contribution in [0.15, 0.2) is 12.2 Å². The Morgan fingerprint density at radius 2 is 2.07 bits per heavy atom. The van der Waals surface area contributed by atoms with Crippen molar-refractivity contribution in [2.45, 2.75) is 51.6 Å². The molecular formula is C11H20O3. The maximum Gasteiger partial charge on any atom is 0.327 e. The van der Waals surface area contributed by atoms with Gasteiger partial charge < -0.3 is 10.2 Å². The highest BCUT2D eigenvalue weighted by Gasteiger charge is 2.01. The first-order chi connectivity index (χ1) is 6.66. The normalized spacial score (nSPS) is 13.3. The van der Waals surface area contributed by atoms with Crippen molar-refractivity contribution in [2.75, 3.05) is 0 Å². The van der Waals surface area contributed by atoms with Crippen LogP contribution in [0.3, 0.4) is 0 Å². The fourth-order valence-corrected chi connectivity index (χ4v) is 1.25. The maximum atomic E-state index is 10.1. The predicted molar refractivity (Wildman–Crippen MR) is 56.2 cm³/mol. The van der Waals surface area contributed by atoms with Crippen LogP contribution in [0.2, 0.25) is 0 Å². The van der Waals surface area contributed by atoms with Gasteiger partial charge in [-0.25, -0.2) is 4.79 Å². The van der Waals surface area contributed by atoms with Gasteiger partial charge in [-0.05, 0) is 12.8 Å². The molecule has 0 unspecified atom stereocenters. The van der Waals surface area contributed by atoms with Gasteiger partial charge in [-0.3, -0.25) is 0 Å². The SMILES string of the molecule is CCCCCC[C@H](O)C/C=C/C(=O)O. The summed E-state index contributed by atoms with van der Waals surface area (Å²) in [6.45, 7) is 2.14. The zero-order valence-electron chi connectivity index (χ0n) is 8.78. The number of carboxylic acid groups (broad SMARTS) is 1. The number of rotatable bonds is 8. The monoisotopic (exact) mass is 200 g/mol. The lowest BCUT2D eigenvalue weighted by Crippen LogP contribution is -2.04. The van der Waals surface area contributed by atoms with E-state index in [1.807, 2.05) is 0 Å². The number of carbonyl (C=O) groups is 1. The van der Waals surface area contributed by atoms with Gasteiger partial charge in [0.25, 0.3) is 0 Å². The number of hydrogen-bond acceptors (Lipinski definition) is 2. The smallest absolute Gasteiger partial charge is 0.327 e. The summed E-state index contributed by atoms with van der Waals surface area (Å²) in [6.07, 6.45) is 7.98. The van der Waals surface area contributed by atoms with Crippen molar-refractivity contribution >= 4 is 5.97 Å². The summed E-state index contributed by atoms with van der Waals surface area (Å²) in [5.41, 5.74) is 0. The Morgan fingerprint density at radius 1 is 1.36 bits per heavy atom. The molecule has 0 rings (SSSR count). The Bertz CT molecular complexity index is 175. The Labute approximate surface area is 85.4 Å². The third-order valence-corrected chi connectivity index (χ3v) is 2.06. The van der Waals surface area contributed by atoms with Crippen LogP contribution in [0.4, 0.5) is 0 Å². The number of unbranched alkanes of at least 4 members (excludes halogenated alkanes) is 3. The summed E-state index contributed by atoms with van der Waals surface area (Å²) in [6, 6.07) is 0. The molecule has 0 fully saturated rings. The Kier molecular flexibility index (Phi) is 8.24. The zero-order chi connectivity index (χ0) is 10.8. The van der Waals surface area contributed by atoms with Gasteiger partial charge in [-0.15, -0.1) is 0 Å². The van der Waals surface area contributed by atoms with E-state index in [1.165, 1.54) is 18.9 Å². The minimum absolute atomic E-state index is 0.387. The van der Waals surface area contributed by atoms with Crippen LogP contribution in [0, 0.1) is 0 Å². The van der Waals surface area contributed by atoms with E-state index in [2.05, 4.69) is 6.92 Å². The predicted octanol–water partition coefficient (Wildman–Crippen LogP) is 2.35. The quantitative estimate of drug-likeness (QED) is 0.467. The first-order valence-electron chi connectivity index (χ1n) is 5.24. The molecular weight excluding hydrogens is 180 g/mol. The number of aliphatic carboxylic acids is 1. The molecule has 0 aromatic carbocycles. The lowest BCUT2D eigenvalue weighted by Gasteiger charge is -2.06. The van der Waals surface area contributed by atoms with Crippen molar-refractivity contribution in [1.29, 1.82) is 0 Å². The topological polar surface area (TPSA) is 57.5 Å². The Balaban J connectivity index is 3.36. The highest BCUT2D eigenvalue weighted by atomic mass is 16.4. The maximum absolute atomic E-state index is 10.1. The molecule has 0 saturated heterocycles. The highest BCUT2D eigenvalue weighted by Crippen LogP contribution is 2.08. The second kappa shape index (κ2) is 8.75. The molecule has 0 amide bonds. The second-order valence-corrected chi connectivity index (χ2v) is 3.48. The molecule has 3 nitrogen and oxygen atoms in total. The van der Waals surface area contributed by atoms with Crippen molar-refractivity contribution in [3.8, 4) is 0 Å². The molecule has 0 radical (unpaired) electrons. The fourth-order valence-electron chi connectivity index (χ4n) is 1.25. The molecule has 0 aromatic heterocycles. The number of aliphatic hydroxyl groups is 1. The van der Waals surface area contributed by atoms with Crippen LogP contribution in [0.5, 0.6) is 0 Å². The highest BCUT2D eigenvalue weighted by molar-refractivity contribution is 5.79. The van der Waals surface area contributed by atoms with Gasteiger partial charge in [0, 0.05) is 6.08 Å². The molecule has 82 valence electrons. The van der Waals surface area contributed by atoms with Gasteiger partial charge >= 0.3 is 5.97 Å². The van der Waals surface area contributed by atoms with Crippen LogP contribution in [-0.4, -0.2) is 22.3 Å². The van der Waals surface area contributed by atoms with E-state index < -0.39 is 5.97 Å². The van der Waals surface area contributed by atoms with Gasteiger partial charge in [0.1, 0.15) is 0 Å². The Hall–Kier alpha value is -0.830. The van der Waals surface area contributed by atoms with Gasteiger partial charge in [0.15, 0.2) is 0 Å². The summed E-state index contributed by atoms with van der Waals surface area (Å²) in [7, 11) is 0. The Morgan fingerprint density at radius 3 is 2.64 bits per heavy atom. The van der Waals surface area contributed by atoms with Crippen molar-refractivity contribution < 1.29 is 15.0 Å². The van der Waals surface area contributed by atoms with Crippen LogP contribution in [-0.2, 0) is 4.79 Å². The average Bonchev–Trinajstić information content (AvgIpc) is 2.12. The lowest BCUT2D eigenvalue weighted by molar-refractivity contribution is -0.131. The molecule has 0 heterocycles. The molecule has 0 aliphatic carbocycles. The molecule has 0 saturated carbocycles. The molecule has 1 atom stereocenters. The third kappa shape index (κ3) is 9.26. The minimum atomic E-state index is -0.955.